The first-order valence-electron chi connectivity index (χ1n) is 8.76. The zero-order valence-corrected chi connectivity index (χ0v) is 14.9. The van der Waals surface area contributed by atoms with Crippen molar-refractivity contribution in [2.24, 2.45) is 0 Å². The highest BCUT2D eigenvalue weighted by Gasteiger charge is 2.24. The number of benzene rings is 2. The van der Waals surface area contributed by atoms with E-state index in [0.717, 1.165) is 12.0 Å². The van der Waals surface area contributed by atoms with Gasteiger partial charge in [0.1, 0.15) is 6.04 Å². The fraction of sp³-hybridized carbons (Fsp3) is 0.333. The molecule has 0 heterocycles. The fourth-order valence-electron chi connectivity index (χ4n) is 2.69. The van der Waals surface area contributed by atoms with Crippen LogP contribution in [0.3, 0.4) is 0 Å². The Bertz CT molecular complexity index is 671. The number of rotatable bonds is 8. The molecule has 0 aliphatic heterocycles. The van der Waals surface area contributed by atoms with Gasteiger partial charge in [0.15, 0.2) is 0 Å². The van der Waals surface area contributed by atoms with Crippen LogP contribution < -0.4 is 5.32 Å². The highest BCUT2D eigenvalue weighted by molar-refractivity contribution is 5.87. The minimum atomic E-state index is -0.497. The van der Waals surface area contributed by atoms with E-state index in [1.54, 1.807) is 11.8 Å². The maximum atomic E-state index is 12.5. The third kappa shape index (κ3) is 5.75. The lowest BCUT2D eigenvalue weighted by Crippen LogP contribution is -2.47. The normalized spacial score (nSPS) is 11.6. The molecule has 0 spiro atoms. The standard InChI is InChI=1S/C21H26N2O2/c1-3-20(24)23(16-19-12-8-5-9-13-19)17(2)21(25)22-15-14-18-10-6-4-7-11-18/h4-13,17H,3,14-16H2,1-2H3,(H,22,25)/t17-/m0/s1. The zero-order valence-electron chi connectivity index (χ0n) is 14.9. The molecule has 1 N–H and O–H groups in total. The Morgan fingerprint density at radius 3 is 2.08 bits per heavy atom. The van der Waals surface area contributed by atoms with E-state index in [1.807, 2.05) is 67.6 Å². The van der Waals surface area contributed by atoms with E-state index in [1.165, 1.54) is 5.56 Å². The first-order chi connectivity index (χ1) is 12.1. The molecule has 132 valence electrons. The number of nitrogens with one attached hydrogen (secondary N) is 1. The molecule has 2 aromatic carbocycles. The lowest BCUT2D eigenvalue weighted by molar-refractivity contribution is -0.140. The van der Waals surface area contributed by atoms with Gasteiger partial charge in [-0.15, -0.1) is 0 Å². The smallest absolute Gasteiger partial charge is 0.242 e. The summed E-state index contributed by atoms with van der Waals surface area (Å²) in [6.07, 6.45) is 1.16. The number of amides is 2. The summed E-state index contributed by atoms with van der Waals surface area (Å²) < 4.78 is 0. The molecule has 0 aromatic heterocycles. The molecule has 0 unspecified atom stereocenters. The van der Waals surface area contributed by atoms with Crippen molar-refractivity contribution < 1.29 is 9.59 Å². The van der Waals surface area contributed by atoms with Crippen molar-refractivity contribution in [1.82, 2.24) is 10.2 Å². The number of hydrogen-bond donors (Lipinski definition) is 1. The Morgan fingerprint density at radius 1 is 0.960 bits per heavy atom. The summed E-state index contributed by atoms with van der Waals surface area (Å²) in [6, 6.07) is 19.3. The van der Waals surface area contributed by atoms with Gasteiger partial charge < -0.3 is 10.2 Å². The highest BCUT2D eigenvalue weighted by atomic mass is 16.2. The van der Waals surface area contributed by atoms with Gasteiger partial charge in [-0.1, -0.05) is 67.6 Å². The zero-order chi connectivity index (χ0) is 18.1. The van der Waals surface area contributed by atoms with E-state index in [0.29, 0.717) is 19.5 Å². The van der Waals surface area contributed by atoms with Crippen LogP contribution in [0.4, 0.5) is 0 Å². The summed E-state index contributed by atoms with van der Waals surface area (Å²) in [6.45, 7) is 4.61. The molecule has 0 aliphatic rings. The molecule has 0 aliphatic carbocycles. The van der Waals surface area contributed by atoms with Crippen molar-refractivity contribution >= 4 is 11.8 Å². The third-order valence-corrected chi connectivity index (χ3v) is 4.22. The summed E-state index contributed by atoms with van der Waals surface area (Å²) >= 11 is 0. The largest absolute Gasteiger partial charge is 0.354 e. The highest BCUT2D eigenvalue weighted by Crippen LogP contribution is 2.10. The van der Waals surface area contributed by atoms with Crippen molar-refractivity contribution in [1.29, 1.82) is 0 Å². The van der Waals surface area contributed by atoms with Crippen LogP contribution in [0.1, 0.15) is 31.4 Å². The molecular weight excluding hydrogens is 312 g/mol. The topological polar surface area (TPSA) is 49.4 Å². The van der Waals surface area contributed by atoms with Crippen molar-refractivity contribution in [3.63, 3.8) is 0 Å². The van der Waals surface area contributed by atoms with Crippen molar-refractivity contribution in [3.8, 4) is 0 Å². The van der Waals surface area contributed by atoms with Gasteiger partial charge in [0.25, 0.3) is 0 Å². The number of carbonyl (C=O) groups is 2. The lowest BCUT2D eigenvalue weighted by Gasteiger charge is -2.28. The molecule has 25 heavy (non-hydrogen) atoms. The Kier molecular flexibility index (Phi) is 7.20. The predicted octanol–water partition coefficient (Wildman–Crippen LogP) is 3.17. The average molecular weight is 338 g/mol. The van der Waals surface area contributed by atoms with Crippen LogP contribution in [0, 0.1) is 0 Å². The van der Waals surface area contributed by atoms with Crippen LogP contribution in [-0.2, 0) is 22.6 Å². The van der Waals surface area contributed by atoms with Crippen molar-refractivity contribution in [2.45, 2.75) is 39.3 Å². The van der Waals surface area contributed by atoms with E-state index in [4.69, 9.17) is 0 Å². The first-order valence-corrected chi connectivity index (χ1v) is 8.76. The first kappa shape index (κ1) is 18.7. The molecule has 0 fully saturated rings. The summed E-state index contributed by atoms with van der Waals surface area (Å²) in [5, 5.41) is 2.94. The molecule has 4 heteroatoms. The van der Waals surface area contributed by atoms with Gasteiger partial charge in [-0.3, -0.25) is 9.59 Å². The van der Waals surface area contributed by atoms with Crippen LogP contribution in [0.25, 0.3) is 0 Å². The minimum absolute atomic E-state index is 0.0189. The number of nitrogens with zero attached hydrogens (tertiary/aromatic N) is 1. The number of hydrogen-bond acceptors (Lipinski definition) is 2. The second kappa shape index (κ2) is 9.62. The molecule has 0 radical (unpaired) electrons. The van der Waals surface area contributed by atoms with Gasteiger partial charge in [0.05, 0.1) is 0 Å². The Balaban J connectivity index is 1.94. The molecule has 1 atom stereocenters. The molecule has 2 aromatic rings. The van der Waals surface area contributed by atoms with Gasteiger partial charge >= 0.3 is 0 Å². The quantitative estimate of drug-likeness (QED) is 0.804. The Labute approximate surface area is 149 Å². The summed E-state index contributed by atoms with van der Waals surface area (Å²) in [4.78, 5) is 26.4. The van der Waals surface area contributed by atoms with Crippen LogP contribution in [0.5, 0.6) is 0 Å². The van der Waals surface area contributed by atoms with Crippen LogP contribution in [0.15, 0.2) is 60.7 Å². The van der Waals surface area contributed by atoms with Crippen molar-refractivity contribution in [2.75, 3.05) is 6.54 Å². The maximum Gasteiger partial charge on any atom is 0.242 e. The lowest BCUT2D eigenvalue weighted by atomic mass is 10.1. The van der Waals surface area contributed by atoms with Crippen LogP contribution in [-0.4, -0.2) is 29.3 Å². The summed E-state index contributed by atoms with van der Waals surface area (Å²) in [7, 11) is 0. The molecule has 0 saturated carbocycles. The summed E-state index contributed by atoms with van der Waals surface area (Å²) in [5.74, 6) is -0.136. The third-order valence-electron chi connectivity index (χ3n) is 4.22. The Morgan fingerprint density at radius 2 is 1.52 bits per heavy atom. The van der Waals surface area contributed by atoms with E-state index in [9.17, 15) is 9.59 Å². The fourth-order valence-corrected chi connectivity index (χ4v) is 2.69. The van der Waals surface area contributed by atoms with Gasteiger partial charge in [-0.25, -0.2) is 0 Å². The van der Waals surface area contributed by atoms with Gasteiger partial charge in [-0.2, -0.15) is 0 Å². The maximum absolute atomic E-state index is 12.5. The second-order valence-electron chi connectivity index (χ2n) is 6.06. The second-order valence-corrected chi connectivity index (χ2v) is 6.06. The Hall–Kier alpha value is -2.62. The summed E-state index contributed by atoms with van der Waals surface area (Å²) in [5.41, 5.74) is 2.20. The SMILES string of the molecule is CCC(=O)N(Cc1ccccc1)[C@@H](C)C(=O)NCCc1ccccc1. The predicted molar refractivity (Wildman–Crippen MR) is 99.9 cm³/mol. The monoisotopic (exact) mass is 338 g/mol. The van der Waals surface area contributed by atoms with Gasteiger partial charge in [0.2, 0.25) is 11.8 Å². The van der Waals surface area contributed by atoms with E-state index >= 15 is 0 Å². The van der Waals surface area contributed by atoms with E-state index in [2.05, 4.69) is 5.32 Å². The number of carbonyl (C=O) groups excluding carboxylic acids is 2. The molecular formula is C21H26N2O2. The van der Waals surface area contributed by atoms with Crippen LogP contribution >= 0.6 is 0 Å². The molecule has 4 nitrogen and oxygen atoms in total. The van der Waals surface area contributed by atoms with E-state index < -0.39 is 6.04 Å². The molecule has 2 rings (SSSR count). The average Bonchev–Trinajstić information content (AvgIpc) is 2.66. The minimum Gasteiger partial charge on any atom is -0.354 e. The molecule has 0 bridgehead atoms. The molecule has 2 amide bonds. The van der Waals surface area contributed by atoms with Gasteiger partial charge in [0, 0.05) is 19.5 Å². The van der Waals surface area contributed by atoms with Crippen LogP contribution in [0.2, 0.25) is 0 Å². The van der Waals surface area contributed by atoms with Gasteiger partial charge in [-0.05, 0) is 24.5 Å². The van der Waals surface area contributed by atoms with E-state index in [-0.39, 0.29) is 11.8 Å². The molecule has 0 saturated heterocycles. The van der Waals surface area contributed by atoms with Crippen molar-refractivity contribution in [3.05, 3.63) is 71.8 Å².